The maximum atomic E-state index is 13.5. The first-order chi connectivity index (χ1) is 11.1. The highest BCUT2D eigenvalue weighted by Gasteiger charge is 2.34. The number of aliphatic hydroxyl groups is 2. The van der Waals surface area contributed by atoms with Gasteiger partial charge in [-0.25, -0.2) is 26.7 Å². The Labute approximate surface area is 131 Å². The molecular formula is C14H11F5O5. The molecule has 0 amide bonds. The van der Waals surface area contributed by atoms with Gasteiger partial charge in [0.25, 0.3) is 0 Å². The Kier molecular flexibility index (Phi) is 5.21. The van der Waals surface area contributed by atoms with E-state index in [1.165, 1.54) is 0 Å². The van der Waals surface area contributed by atoms with Crippen molar-refractivity contribution < 1.29 is 46.8 Å². The number of benzene rings is 1. The van der Waals surface area contributed by atoms with Crippen LogP contribution < -0.4 is 0 Å². The van der Waals surface area contributed by atoms with Gasteiger partial charge in [0.2, 0.25) is 5.82 Å². The third-order valence-electron chi connectivity index (χ3n) is 3.54. The molecule has 0 fully saturated rings. The first kappa shape index (κ1) is 18.3. The smallest absolute Gasteiger partial charge is 0.331 e. The van der Waals surface area contributed by atoms with Gasteiger partial charge in [0.05, 0.1) is 18.3 Å². The molecule has 0 saturated carbocycles. The van der Waals surface area contributed by atoms with Gasteiger partial charge in [-0.3, -0.25) is 0 Å². The SMILES string of the molecule is O=C(O)C1=C[C@@H](O)[C@@H](O)[C@H](OCc2c(F)c(F)c(F)c(F)c2F)C1. The Morgan fingerprint density at radius 3 is 2.04 bits per heavy atom. The summed E-state index contributed by atoms with van der Waals surface area (Å²) in [6.45, 7) is -1.12. The lowest BCUT2D eigenvalue weighted by Crippen LogP contribution is -2.42. The molecule has 0 saturated heterocycles. The first-order valence-electron chi connectivity index (χ1n) is 6.57. The van der Waals surface area contributed by atoms with Crippen molar-refractivity contribution in [2.75, 3.05) is 0 Å². The molecule has 0 aromatic heterocycles. The van der Waals surface area contributed by atoms with Crippen LogP contribution in [0.5, 0.6) is 0 Å². The van der Waals surface area contributed by atoms with E-state index in [2.05, 4.69) is 0 Å². The molecule has 24 heavy (non-hydrogen) atoms. The average molecular weight is 354 g/mol. The van der Waals surface area contributed by atoms with Crippen molar-refractivity contribution in [1.82, 2.24) is 0 Å². The number of carboxylic acid groups (broad SMARTS) is 1. The Morgan fingerprint density at radius 1 is 1.04 bits per heavy atom. The molecule has 0 bridgehead atoms. The number of hydrogen-bond donors (Lipinski definition) is 3. The molecule has 3 atom stereocenters. The van der Waals surface area contributed by atoms with Crippen LogP contribution in [0.3, 0.4) is 0 Å². The van der Waals surface area contributed by atoms with Crippen molar-refractivity contribution in [3.8, 4) is 0 Å². The normalized spacial score (nSPS) is 24.0. The fraction of sp³-hybridized carbons (Fsp3) is 0.357. The number of ether oxygens (including phenoxy) is 1. The minimum atomic E-state index is -2.32. The quantitative estimate of drug-likeness (QED) is 0.432. The zero-order chi connectivity index (χ0) is 18.2. The van der Waals surface area contributed by atoms with Gasteiger partial charge < -0.3 is 20.1 Å². The van der Waals surface area contributed by atoms with Gasteiger partial charge in [-0.1, -0.05) is 0 Å². The van der Waals surface area contributed by atoms with Crippen molar-refractivity contribution in [2.45, 2.75) is 31.3 Å². The maximum absolute atomic E-state index is 13.5. The summed E-state index contributed by atoms with van der Waals surface area (Å²) in [6, 6.07) is 0. The fourth-order valence-electron chi connectivity index (χ4n) is 2.21. The van der Waals surface area contributed by atoms with Gasteiger partial charge in [0.15, 0.2) is 23.3 Å². The zero-order valence-corrected chi connectivity index (χ0v) is 11.8. The first-order valence-corrected chi connectivity index (χ1v) is 6.57. The number of hydrogen-bond acceptors (Lipinski definition) is 4. The Bertz CT molecular complexity index is 676. The van der Waals surface area contributed by atoms with E-state index in [4.69, 9.17) is 9.84 Å². The minimum absolute atomic E-state index is 0.324. The summed E-state index contributed by atoms with van der Waals surface area (Å²) in [6.07, 6.45) is -4.22. The summed E-state index contributed by atoms with van der Waals surface area (Å²) in [5.41, 5.74) is -1.59. The number of halogens is 5. The van der Waals surface area contributed by atoms with Crippen LogP contribution in [0, 0.1) is 29.1 Å². The summed E-state index contributed by atoms with van der Waals surface area (Å²) in [7, 11) is 0. The highest BCUT2D eigenvalue weighted by atomic mass is 19.2. The molecule has 0 radical (unpaired) electrons. The van der Waals surface area contributed by atoms with E-state index >= 15 is 0 Å². The molecule has 2 rings (SSSR count). The van der Waals surface area contributed by atoms with Crippen LogP contribution in [-0.2, 0) is 16.1 Å². The molecule has 1 aromatic rings. The van der Waals surface area contributed by atoms with Gasteiger partial charge in [0.1, 0.15) is 12.2 Å². The monoisotopic (exact) mass is 354 g/mol. The van der Waals surface area contributed by atoms with Gasteiger partial charge in [-0.2, -0.15) is 0 Å². The molecular weight excluding hydrogens is 343 g/mol. The third-order valence-corrected chi connectivity index (χ3v) is 3.54. The molecule has 0 spiro atoms. The van der Waals surface area contributed by atoms with Gasteiger partial charge in [0, 0.05) is 12.0 Å². The lowest BCUT2D eigenvalue weighted by Gasteiger charge is -2.30. The highest BCUT2D eigenvalue weighted by Crippen LogP contribution is 2.27. The molecule has 1 aliphatic rings. The standard InChI is InChI=1S/C14H11F5O5/c15-8-5(9(16)11(18)12(19)10(8)17)3-24-7-2-4(14(22)23)1-6(20)13(7)21/h1,6-7,13,20-21H,2-3H2,(H,22,23)/t6-,7-,13-/m1/s1. The van der Waals surface area contributed by atoms with Crippen molar-refractivity contribution in [3.63, 3.8) is 0 Å². The number of aliphatic hydroxyl groups excluding tert-OH is 2. The molecule has 1 aliphatic carbocycles. The lowest BCUT2D eigenvalue weighted by atomic mass is 9.92. The molecule has 0 heterocycles. The summed E-state index contributed by atoms with van der Waals surface area (Å²) in [5.74, 6) is -12.2. The fourth-order valence-corrected chi connectivity index (χ4v) is 2.21. The number of carboxylic acids is 1. The lowest BCUT2D eigenvalue weighted by molar-refractivity contribution is -0.135. The highest BCUT2D eigenvalue weighted by molar-refractivity contribution is 5.87. The minimum Gasteiger partial charge on any atom is -0.478 e. The van der Waals surface area contributed by atoms with Crippen LogP contribution in [0.15, 0.2) is 11.6 Å². The van der Waals surface area contributed by atoms with Crippen LogP contribution in [0.2, 0.25) is 0 Å². The van der Waals surface area contributed by atoms with E-state index in [9.17, 15) is 37.0 Å². The second kappa shape index (κ2) is 6.83. The van der Waals surface area contributed by atoms with Crippen LogP contribution in [0.25, 0.3) is 0 Å². The number of aliphatic carboxylic acids is 1. The van der Waals surface area contributed by atoms with Gasteiger partial charge >= 0.3 is 5.97 Å². The number of rotatable bonds is 4. The predicted molar refractivity (Wildman–Crippen MR) is 67.2 cm³/mol. The molecule has 0 aliphatic heterocycles. The molecule has 3 N–H and O–H groups in total. The number of carbonyl (C=O) groups is 1. The van der Waals surface area contributed by atoms with E-state index in [-0.39, 0.29) is 5.57 Å². The second-order valence-electron chi connectivity index (χ2n) is 5.08. The zero-order valence-electron chi connectivity index (χ0n) is 11.8. The van der Waals surface area contributed by atoms with Gasteiger partial charge in [-0.05, 0) is 6.08 Å². The van der Waals surface area contributed by atoms with E-state index < -0.39 is 72.0 Å². The summed E-state index contributed by atoms with van der Waals surface area (Å²) in [5, 5.41) is 28.1. The molecule has 5 nitrogen and oxygen atoms in total. The second-order valence-corrected chi connectivity index (χ2v) is 5.08. The van der Waals surface area contributed by atoms with Crippen molar-refractivity contribution in [2.24, 2.45) is 0 Å². The van der Waals surface area contributed by atoms with Crippen molar-refractivity contribution in [1.29, 1.82) is 0 Å². The van der Waals surface area contributed by atoms with Gasteiger partial charge in [-0.15, -0.1) is 0 Å². The third kappa shape index (κ3) is 3.25. The molecule has 10 heteroatoms. The van der Waals surface area contributed by atoms with Crippen LogP contribution in [0.4, 0.5) is 22.0 Å². The largest absolute Gasteiger partial charge is 0.478 e. The maximum Gasteiger partial charge on any atom is 0.331 e. The summed E-state index contributed by atoms with van der Waals surface area (Å²) in [4.78, 5) is 10.9. The van der Waals surface area contributed by atoms with Crippen LogP contribution in [-0.4, -0.2) is 39.6 Å². The Hall–Kier alpha value is -2.04. The molecule has 1 aromatic carbocycles. The topological polar surface area (TPSA) is 87.0 Å². The molecule has 0 unspecified atom stereocenters. The van der Waals surface area contributed by atoms with E-state index in [0.717, 1.165) is 6.08 Å². The van der Waals surface area contributed by atoms with E-state index in [1.54, 1.807) is 0 Å². The van der Waals surface area contributed by atoms with E-state index in [0.29, 0.717) is 0 Å². The van der Waals surface area contributed by atoms with E-state index in [1.807, 2.05) is 0 Å². The van der Waals surface area contributed by atoms with Crippen molar-refractivity contribution in [3.05, 3.63) is 46.3 Å². The summed E-state index contributed by atoms with van der Waals surface area (Å²) < 4.78 is 71.0. The summed E-state index contributed by atoms with van der Waals surface area (Å²) >= 11 is 0. The van der Waals surface area contributed by atoms with Crippen molar-refractivity contribution >= 4 is 5.97 Å². The predicted octanol–water partition coefficient (Wildman–Crippen LogP) is 1.40. The van der Waals surface area contributed by atoms with Crippen LogP contribution >= 0.6 is 0 Å². The van der Waals surface area contributed by atoms with Crippen LogP contribution in [0.1, 0.15) is 12.0 Å². The average Bonchev–Trinajstić information content (AvgIpc) is 2.54. The Morgan fingerprint density at radius 2 is 1.54 bits per heavy atom. The molecule has 132 valence electrons. The Balaban J connectivity index is 2.23.